The molecule has 3 aromatic rings. The fourth-order valence-corrected chi connectivity index (χ4v) is 5.56. The van der Waals surface area contributed by atoms with Crippen LogP contribution in [0.1, 0.15) is 12.5 Å². The predicted octanol–water partition coefficient (Wildman–Crippen LogP) is 3.38. The summed E-state index contributed by atoms with van der Waals surface area (Å²) in [6.45, 7) is 4.99. The lowest BCUT2D eigenvalue weighted by Crippen LogP contribution is -2.47. The normalized spacial score (nSPS) is 17.9. The number of rotatable bonds is 4. The standard InChI is InChI=1S/C24H22FN5O2S2/c1-2-29-23(32)19(34-24(29)33)15-18-21(26-20-5-3-4-10-30(20)22(18)31)28-13-11-27(12-14-28)17-8-6-16(25)7-9-17/h3-10,15H,2,11-14H2,1H3/b19-15-. The van der Waals surface area contributed by atoms with Crippen LogP contribution in [0.4, 0.5) is 15.9 Å². The second-order valence-corrected chi connectivity index (χ2v) is 9.64. The summed E-state index contributed by atoms with van der Waals surface area (Å²) in [7, 11) is 0. The van der Waals surface area contributed by atoms with Gasteiger partial charge >= 0.3 is 0 Å². The van der Waals surface area contributed by atoms with Gasteiger partial charge < -0.3 is 9.80 Å². The Kier molecular flexibility index (Phi) is 6.09. The van der Waals surface area contributed by atoms with E-state index in [0.29, 0.717) is 59.0 Å². The van der Waals surface area contributed by atoms with Gasteiger partial charge in [-0.25, -0.2) is 9.37 Å². The summed E-state index contributed by atoms with van der Waals surface area (Å²) in [6.07, 6.45) is 3.31. The number of halogens is 1. The molecule has 10 heteroatoms. The number of hydrogen-bond acceptors (Lipinski definition) is 7. The van der Waals surface area contributed by atoms with Crippen LogP contribution < -0.4 is 15.4 Å². The van der Waals surface area contributed by atoms with Crippen LogP contribution in [-0.2, 0) is 4.79 Å². The van der Waals surface area contributed by atoms with Crippen molar-refractivity contribution in [2.75, 3.05) is 42.5 Å². The molecule has 5 rings (SSSR count). The smallest absolute Gasteiger partial charge is 0.267 e. The first kappa shape index (κ1) is 22.5. The maximum atomic E-state index is 13.5. The SMILES string of the molecule is CCN1C(=O)/C(=C/c2c(N3CCN(c4ccc(F)cc4)CC3)nc3ccccn3c2=O)SC1=S. The van der Waals surface area contributed by atoms with E-state index in [9.17, 15) is 14.0 Å². The predicted molar refractivity (Wildman–Crippen MR) is 138 cm³/mol. The molecule has 34 heavy (non-hydrogen) atoms. The molecule has 2 saturated heterocycles. The molecule has 0 aliphatic carbocycles. The van der Waals surface area contributed by atoms with Crippen LogP contribution in [-0.4, -0.2) is 57.2 Å². The van der Waals surface area contributed by atoms with E-state index in [0.717, 1.165) is 5.69 Å². The van der Waals surface area contributed by atoms with E-state index in [-0.39, 0.29) is 17.3 Å². The van der Waals surface area contributed by atoms with Gasteiger partial charge in [0.15, 0.2) is 0 Å². The van der Waals surface area contributed by atoms with E-state index in [1.807, 2.05) is 13.0 Å². The van der Waals surface area contributed by atoms with Gasteiger partial charge in [-0.2, -0.15) is 0 Å². The first-order valence-corrected chi connectivity index (χ1v) is 12.2. The zero-order chi connectivity index (χ0) is 23.8. The van der Waals surface area contributed by atoms with E-state index < -0.39 is 0 Å². The molecule has 0 atom stereocenters. The van der Waals surface area contributed by atoms with Crippen molar-refractivity contribution in [1.29, 1.82) is 0 Å². The summed E-state index contributed by atoms with van der Waals surface area (Å²) in [5.41, 5.74) is 1.64. The Morgan fingerprint density at radius 2 is 1.76 bits per heavy atom. The first-order valence-electron chi connectivity index (χ1n) is 11.0. The molecule has 7 nitrogen and oxygen atoms in total. The second kappa shape index (κ2) is 9.19. The van der Waals surface area contributed by atoms with Crippen molar-refractivity contribution in [2.24, 2.45) is 0 Å². The van der Waals surface area contributed by atoms with Gasteiger partial charge in [0.2, 0.25) is 0 Å². The lowest BCUT2D eigenvalue weighted by atomic mass is 10.2. The molecular weight excluding hydrogens is 473 g/mol. The highest BCUT2D eigenvalue weighted by Crippen LogP contribution is 2.33. The molecular formula is C24H22FN5O2S2. The highest BCUT2D eigenvalue weighted by atomic mass is 32.2. The Balaban J connectivity index is 1.52. The van der Waals surface area contributed by atoms with E-state index in [1.54, 1.807) is 36.5 Å². The third kappa shape index (κ3) is 4.07. The highest BCUT2D eigenvalue weighted by Gasteiger charge is 2.32. The monoisotopic (exact) mass is 495 g/mol. The number of thioether (sulfide) groups is 1. The van der Waals surface area contributed by atoms with Crippen molar-refractivity contribution in [3.63, 3.8) is 0 Å². The molecule has 0 unspecified atom stereocenters. The maximum Gasteiger partial charge on any atom is 0.267 e. The van der Waals surface area contributed by atoms with Gasteiger partial charge in [-0.3, -0.25) is 18.9 Å². The molecule has 1 amide bonds. The number of carbonyl (C=O) groups is 1. The van der Waals surface area contributed by atoms with Crippen LogP contribution >= 0.6 is 24.0 Å². The molecule has 0 radical (unpaired) electrons. The summed E-state index contributed by atoms with van der Waals surface area (Å²) in [5.74, 6) is 0.0974. The van der Waals surface area contributed by atoms with Gasteiger partial charge in [0.05, 0.1) is 10.5 Å². The first-order chi connectivity index (χ1) is 16.5. The molecule has 2 aliphatic heterocycles. The summed E-state index contributed by atoms with van der Waals surface area (Å²) in [4.78, 5) is 37.3. The highest BCUT2D eigenvalue weighted by molar-refractivity contribution is 8.26. The number of thiocarbonyl (C=S) groups is 1. The van der Waals surface area contributed by atoms with E-state index in [2.05, 4.69) is 9.80 Å². The summed E-state index contributed by atoms with van der Waals surface area (Å²) < 4.78 is 15.3. The van der Waals surface area contributed by atoms with Crippen molar-refractivity contribution in [2.45, 2.75) is 6.92 Å². The van der Waals surface area contributed by atoms with Gasteiger partial charge in [0.1, 0.15) is 21.6 Å². The number of nitrogens with zero attached hydrogens (tertiary/aromatic N) is 5. The van der Waals surface area contributed by atoms with Gasteiger partial charge in [-0.05, 0) is 49.4 Å². The Morgan fingerprint density at radius 1 is 1.06 bits per heavy atom. The van der Waals surface area contributed by atoms with Crippen LogP contribution in [0.15, 0.2) is 58.4 Å². The molecule has 4 heterocycles. The number of likely N-dealkylation sites (N-methyl/N-ethyl adjacent to an activating group) is 1. The van der Waals surface area contributed by atoms with Crippen LogP contribution in [0.2, 0.25) is 0 Å². The molecule has 0 N–H and O–H groups in total. The molecule has 2 aromatic heterocycles. The fourth-order valence-electron chi connectivity index (χ4n) is 4.19. The average molecular weight is 496 g/mol. The third-order valence-electron chi connectivity index (χ3n) is 5.99. The second-order valence-electron chi connectivity index (χ2n) is 7.96. The van der Waals surface area contributed by atoms with Crippen molar-refractivity contribution >= 4 is 57.4 Å². The number of amides is 1. The molecule has 0 bridgehead atoms. The van der Waals surface area contributed by atoms with Crippen molar-refractivity contribution in [1.82, 2.24) is 14.3 Å². The van der Waals surface area contributed by atoms with Gasteiger partial charge in [0.25, 0.3) is 11.5 Å². The number of pyridine rings is 1. The largest absolute Gasteiger partial charge is 0.368 e. The summed E-state index contributed by atoms with van der Waals surface area (Å²) >= 11 is 6.54. The molecule has 174 valence electrons. The van der Waals surface area contributed by atoms with Crippen LogP contribution in [0.25, 0.3) is 11.7 Å². The number of hydrogen-bond donors (Lipinski definition) is 0. The zero-order valence-electron chi connectivity index (χ0n) is 18.5. The van der Waals surface area contributed by atoms with Gasteiger partial charge in [0, 0.05) is 44.6 Å². The van der Waals surface area contributed by atoms with Gasteiger partial charge in [-0.15, -0.1) is 0 Å². The van der Waals surface area contributed by atoms with E-state index >= 15 is 0 Å². The zero-order valence-corrected chi connectivity index (χ0v) is 20.1. The van der Waals surface area contributed by atoms with Crippen molar-refractivity contribution in [3.05, 3.63) is 75.3 Å². The minimum atomic E-state index is -0.263. The molecule has 1 aromatic carbocycles. The fraction of sp³-hybridized carbons (Fsp3) is 0.250. The summed E-state index contributed by atoms with van der Waals surface area (Å²) in [5, 5.41) is 0. The minimum absolute atomic E-state index is 0.192. The van der Waals surface area contributed by atoms with Crippen molar-refractivity contribution in [3.8, 4) is 0 Å². The molecule has 0 saturated carbocycles. The van der Waals surface area contributed by atoms with Gasteiger partial charge in [-0.1, -0.05) is 30.0 Å². The Bertz CT molecular complexity index is 1360. The number of anilines is 2. The van der Waals surface area contributed by atoms with Crippen molar-refractivity contribution < 1.29 is 9.18 Å². The molecule has 2 fully saturated rings. The lowest BCUT2D eigenvalue weighted by Gasteiger charge is -2.37. The number of benzene rings is 1. The molecule has 2 aliphatic rings. The Labute approximate surface area is 205 Å². The Hall–Kier alpha value is -3.24. The Morgan fingerprint density at radius 3 is 2.44 bits per heavy atom. The third-order valence-corrected chi connectivity index (χ3v) is 7.36. The number of carbonyl (C=O) groups excluding carboxylic acids is 1. The quantitative estimate of drug-likeness (QED) is 0.406. The molecule has 0 spiro atoms. The maximum absolute atomic E-state index is 13.5. The minimum Gasteiger partial charge on any atom is -0.368 e. The number of piperazine rings is 1. The lowest BCUT2D eigenvalue weighted by molar-refractivity contribution is -0.121. The summed E-state index contributed by atoms with van der Waals surface area (Å²) in [6, 6.07) is 11.9. The average Bonchev–Trinajstić information content (AvgIpc) is 3.13. The van der Waals surface area contributed by atoms with Crippen LogP contribution in [0.3, 0.4) is 0 Å². The topological polar surface area (TPSA) is 61.2 Å². The number of aromatic nitrogens is 2. The number of fused-ring (bicyclic) bond motifs is 1. The van der Waals surface area contributed by atoms with E-state index in [4.69, 9.17) is 17.2 Å². The van der Waals surface area contributed by atoms with E-state index in [1.165, 1.54) is 33.2 Å². The van der Waals surface area contributed by atoms with Crippen LogP contribution in [0.5, 0.6) is 0 Å². The van der Waals surface area contributed by atoms with Crippen LogP contribution in [0, 0.1) is 5.82 Å².